The van der Waals surface area contributed by atoms with E-state index in [1.165, 1.54) is 12.6 Å². The summed E-state index contributed by atoms with van der Waals surface area (Å²) in [5.74, 6) is -0.460. The molecular formula is C21H17N5O3. The summed E-state index contributed by atoms with van der Waals surface area (Å²) in [7, 11) is 0. The first kappa shape index (κ1) is 18.2. The van der Waals surface area contributed by atoms with Gasteiger partial charge in [0.15, 0.2) is 5.76 Å². The van der Waals surface area contributed by atoms with Gasteiger partial charge in [-0.15, -0.1) is 0 Å². The third kappa shape index (κ3) is 4.06. The van der Waals surface area contributed by atoms with Crippen molar-refractivity contribution in [3.05, 3.63) is 90.4 Å². The third-order valence-corrected chi connectivity index (χ3v) is 4.30. The van der Waals surface area contributed by atoms with Crippen molar-refractivity contribution in [2.75, 3.05) is 10.6 Å². The van der Waals surface area contributed by atoms with E-state index in [9.17, 15) is 9.59 Å². The van der Waals surface area contributed by atoms with Gasteiger partial charge in [-0.05, 0) is 61.0 Å². The number of carbonyl (C=O) groups is 2. The molecule has 0 bridgehead atoms. The van der Waals surface area contributed by atoms with E-state index in [0.717, 1.165) is 11.3 Å². The monoisotopic (exact) mass is 387 g/mol. The number of carbonyl (C=O) groups excluding carboxylic acids is 2. The van der Waals surface area contributed by atoms with Crippen LogP contribution in [0.3, 0.4) is 0 Å². The van der Waals surface area contributed by atoms with Crippen molar-refractivity contribution in [1.82, 2.24) is 14.8 Å². The summed E-state index contributed by atoms with van der Waals surface area (Å²) in [5.41, 5.74) is 3.27. The minimum atomic E-state index is -0.376. The Hall–Kier alpha value is -4.20. The van der Waals surface area contributed by atoms with E-state index in [2.05, 4.69) is 20.7 Å². The molecule has 8 nitrogen and oxygen atoms in total. The van der Waals surface area contributed by atoms with Crippen LogP contribution >= 0.6 is 0 Å². The number of aromatic nitrogens is 3. The van der Waals surface area contributed by atoms with Crippen LogP contribution in [0.15, 0.2) is 77.9 Å². The third-order valence-electron chi connectivity index (χ3n) is 4.30. The molecule has 0 radical (unpaired) electrons. The fourth-order valence-electron chi connectivity index (χ4n) is 2.73. The molecule has 4 rings (SSSR count). The SMILES string of the molecule is Cc1ccc(C(=O)Nc2ccc(-n3cncn3)cc2)cc1NC(=O)c1ccco1. The number of hydrogen-bond donors (Lipinski definition) is 2. The standard InChI is InChI=1S/C21H17N5O3/c1-14-4-5-15(11-18(14)25-21(28)19-3-2-10-29-19)20(27)24-16-6-8-17(9-7-16)26-13-22-12-23-26/h2-13H,1H3,(H,24,27)(H,25,28). The lowest BCUT2D eigenvalue weighted by Gasteiger charge is -2.11. The van der Waals surface area contributed by atoms with Crippen LogP contribution in [0.1, 0.15) is 26.5 Å². The minimum Gasteiger partial charge on any atom is -0.459 e. The van der Waals surface area contributed by atoms with Gasteiger partial charge in [-0.3, -0.25) is 9.59 Å². The molecule has 0 saturated heterocycles. The Kier molecular flexibility index (Phi) is 4.90. The predicted octanol–water partition coefficient (Wildman–Crippen LogP) is 3.67. The summed E-state index contributed by atoms with van der Waals surface area (Å²) in [6.07, 6.45) is 4.48. The lowest BCUT2D eigenvalue weighted by atomic mass is 10.1. The number of hydrogen-bond acceptors (Lipinski definition) is 5. The molecule has 0 aliphatic rings. The number of benzene rings is 2. The summed E-state index contributed by atoms with van der Waals surface area (Å²) in [6.45, 7) is 1.85. The Labute approximate surface area is 166 Å². The number of amides is 2. The first-order valence-corrected chi connectivity index (χ1v) is 8.82. The van der Waals surface area contributed by atoms with E-state index in [4.69, 9.17) is 4.42 Å². The van der Waals surface area contributed by atoms with Crippen molar-refractivity contribution in [3.63, 3.8) is 0 Å². The quantitative estimate of drug-likeness (QED) is 0.544. The molecule has 8 heteroatoms. The second-order valence-electron chi connectivity index (χ2n) is 6.30. The highest BCUT2D eigenvalue weighted by atomic mass is 16.3. The van der Waals surface area contributed by atoms with E-state index in [0.29, 0.717) is 16.9 Å². The van der Waals surface area contributed by atoms with Crippen LogP contribution in [-0.4, -0.2) is 26.6 Å². The van der Waals surface area contributed by atoms with Crippen molar-refractivity contribution < 1.29 is 14.0 Å². The molecule has 0 saturated carbocycles. The zero-order valence-electron chi connectivity index (χ0n) is 15.5. The molecule has 0 spiro atoms. The van der Waals surface area contributed by atoms with Crippen LogP contribution < -0.4 is 10.6 Å². The molecule has 2 aromatic carbocycles. The molecule has 29 heavy (non-hydrogen) atoms. The van der Waals surface area contributed by atoms with Gasteiger partial charge in [0.2, 0.25) is 0 Å². The van der Waals surface area contributed by atoms with E-state index in [1.807, 2.05) is 19.1 Å². The number of aryl methyl sites for hydroxylation is 1. The van der Waals surface area contributed by atoms with Crippen molar-refractivity contribution in [1.29, 1.82) is 0 Å². The Morgan fingerprint density at radius 2 is 1.83 bits per heavy atom. The highest BCUT2D eigenvalue weighted by Crippen LogP contribution is 2.20. The number of anilines is 2. The first-order chi connectivity index (χ1) is 14.1. The van der Waals surface area contributed by atoms with Gasteiger partial charge in [0.1, 0.15) is 12.7 Å². The molecule has 2 amide bonds. The van der Waals surface area contributed by atoms with Crippen LogP contribution in [0.2, 0.25) is 0 Å². The van der Waals surface area contributed by atoms with Crippen LogP contribution in [-0.2, 0) is 0 Å². The van der Waals surface area contributed by atoms with Gasteiger partial charge < -0.3 is 15.1 Å². The molecule has 2 aromatic heterocycles. The summed E-state index contributed by atoms with van der Waals surface area (Å²) in [5, 5.41) is 9.67. The van der Waals surface area contributed by atoms with Crippen LogP contribution in [0.25, 0.3) is 5.69 Å². The smallest absolute Gasteiger partial charge is 0.291 e. The van der Waals surface area contributed by atoms with Crippen molar-refractivity contribution in [2.45, 2.75) is 6.92 Å². The lowest BCUT2D eigenvalue weighted by molar-refractivity contribution is 0.0993. The normalized spacial score (nSPS) is 10.5. The topological polar surface area (TPSA) is 102 Å². The van der Waals surface area contributed by atoms with Gasteiger partial charge in [0, 0.05) is 16.9 Å². The largest absolute Gasteiger partial charge is 0.459 e. The average molecular weight is 387 g/mol. The van der Waals surface area contributed by atoms with Crippen molar-refractivity contribution >= 4 is 23.2 Å². The van der Waals surface area contributed by atoms with Gasteiger partial charge in [0.05, 0.1) is 12.0 Å². The van der Waals surface area contributed by atoms with Gasteiger partial charge in [-0.2, -0.15) is 5.10 Å². The molecule has 4 aromatic rings. The number of rotatable bonds is 5. The maximum atomic E-state index is 12.6. The van der Waals surface area contributed by atoms with Gasteiger partial charge in [-0.25, -0.2) is 9.67 Å². The molecule has 2 heterocycles. The second kappa shape index (κ2) is 7.81. The minimum absolute atomic E-state index is 0.201. The van der Waals surface area contributed by atoms with Crippen LogP contribution in [0.5, 0.6) is 0 Å². The number of nitrogens with one attached hydrogen (secondary N) is 2. The Balaban J connectivity index is 1.48. The second-order valence-corrected chi connectivity index (χ2v) is 6.30. The maximum Gasteiger partial charge on any atom is 0.291 e. The zero-order chi connectivity index (χ0) is 20.2. The molecule has 0 aliphatic heterocycles. The first-order valence-electron chi connectivity index (χ1n) is 8.82. The van der Waals surface area contributed by atoms with Crippen LogP contribution in [0, 0.1) is 6.92 Å². The summed E-state index contributed by atoms with van der Waals surface area (Å²) in [4.78, 5) is 28.8. The Morgan fingerprint density at radius 1 is 1.00 bits per heavy atom. The van der Waals surface area contributed by atoms with Crippen molar-refractivity contribution in [3.8, 4) is 5.69 Å². The van der Waals surface area contributed by atoms with Crippen LogP contribution in [0.4, 0.5) is 11.4 Å². The van der Waals surface area contributed by atoms with E-state index in [1.54, 1.807) is 53.5 Å². The Morgan fingerprint density at radius 3 is 2.52 bits per heavy atom. The van der Waals surface area contributed by atoms with Crippen molar-refractivity contribution in [2.24, 2.45) is 0 Å². The zero-order valence-corrected chi connectivity index (χ0v) is 15.5. The van der Waals surface area contributed by atoms with E-state index in [-0.39, 0.29) is 17.6 Å². The van der Waals surface area contributed by atoms with Gasteiger partial charge >= 0.3 is 0 Å². The fraction of sp³-hybridized carbons (Fsp3) is 0.0476. The number of nitrogens with zero attached hydrogens (tertiary/aromatic N) is 3. The molecular weight excluding hydrogens is 370 g/mol. The molecule has 0 atom stereocenters. The highest BCUT2D eigenvalue weighted by molar-refractivity contribution is 6.07. The summed E-state index contributed by atoms with van der Waals surface area (Å²) in [6, 6.07) is 15.5. The summed E-state index contributed by atoms with van der Waals surface area (Å²) < 4.78 is 6.72. The maximum absolute atomic E-state index is 12.6. The molecule has 0 fully saturated rings. The number of furan rings is 1. The molecule has 0 aliphatic carbocycles. The highest BCUT2D eigenvalue weighted by Gasteiger charge is 2.13. The predicted molar refractivity (Wildman–Crippen MR) is 107 cm³/mol. The molecule has 2 N–H and O–H groups in total. The molecule has 0 unspecified atom stereocenters. The lowest BCUT2D eigenvalue weighted by Crippen LogP contribution is -2.15. The van der Waals surface area contributed by atoms with E-state index >= 15 is 0 Å². The van der Waals surface area contributed by atoms with Gasteiger partial charge in [0.25, 0.3) is 11.8 Å². The van der Waals surface area contributed by atoms with E-state index < -0.39 is 0 Å². The molecule has 144 valence electrons. The fourth-order valence-corrected chi connectivity index (χ4v) is 2.73. The van der Waals surface area contributed by atoms with Gasteiger partial charge in [-0.1, -0.05) is 6.07 Å². The Bertz CT molecular complexity index is 1130. The summed E-state index contributed by atoms with van der Waals surface area (Å²) >= 11 is 0. The average Bonchev–Trinajstić information content (AvgIpc) is 3.44.